The lowest BCUT2D eigenvalue weighted by Crippen LogP contribution is -2.38. The molecule has 1 heterocycles. The van der Waals surface area contributed by atoms with E-state index in [1.807, 2.05) is 37.3 Å². The number of hydrogen-bond acceptors (Lipinski definition) is 4. The molecule has 1 saturated carbocycles. The van der Waals surface area contributed by atoms with Crippen molar-refractivity contribution in [1.82, 2.24) is 0 Å². The Labute approximate surface area is 130 Å². The Morgan fingerprint density at radius 3 is 2.73 bits per heavy atom. The SMILES string of the molecule is CC(=O)O/C(=C1\CO[C@]2(C)CCC(=O)C[C@H]12)c1ccccc1. The third-order valence-corrected chi connectivity index (χ3v) is 4.62. The van der Waals surface area contributed by atoms with Crippen LogP contribution in [-0.2, 0) is 19.1 Å². The number of carbonyl (C=O) groups excluding carboxylic acids is 2. The monoisotopic (exact) mass is 300 g/mol. The second kappa shape index (κ2) is 5.69. The van der Waals surface area contributed by atoms with Crippen molar-refractivity contribution in [3.63, 3.8) is 0 Å². The zero-order valence-corrected chi connectivity index (χ0v) is 12.9. The molecule has 1 aromatic carbocycles. The molecule has 0 bridgehead atoms. The van der Waals surface area contributed by atoms with E-state index in [0.29, 0.717) is 25.2 Å². The molecule has 2 aliphatic rings. The molecule has 0 spiro atoms. The number of rotatable bonds is 2. The molecule has 4 heteroatoms. The van der Waals surface area contributed by atoms with E-state index in [2.05, 4.69) is 0 Å². The van der Waals surface area contributed by atoms with Crippen LogP contribution in [0, 0.1) is 5.92 Å². The van der Waals surface area contributed by atoms with Gasteiger partial charge >= 0.3 is 5.97 Å². The van der Waals surface area contributed by atoms with Crippen LogP contribution >= 0.6 is 0 Å². The molecule has 0 aromatic heterocycles. The van der Waals surface area contributed by atoms with E-state index in [4.69, 9.17) is 9.47 Å². The van der Waals surface area contributed by atoms with Crippen molar-refractivity contribution in [3.05, 3.63) is 41.5 Å². The van der Waals surface area contributed by atoms with E-state index in [0.717, 1.165) is 17.6 Å². The van der Waals surface area contributed by atoms with Crippen LogP contribution < -0.4 is 0 Å². The topological polar surface area (TPSA) is 52.6 Å². The summed E-state index contributed by atoms with van der Waals surface area (Å²) >= 11 is 0. The minimum atomic E-state index is -0.359. The minimum absolute atomic E-state index is 0.0108. The van der Waals surface area contributed by atoms with Crippen LogP contribution in [0.2, 0.25) is 0 Å². The number of benzene rings is 1. The first kappa shape index (κ1) is 15.0. The molecule has 3 rings (SSSR count). The van der Waals surface area contributed by atoms with Crippen molar-refractivity contribution >= 4 is 17.5 Å². The third-order valence-electron chi connectivity index (χ3n) is 4.62. The van der Waals surface area contributed by atoms with Gasteiger partial charge in [-0.25, -0.2) is 0 Å². The number of hydrogen-bond donors (Lipinski definition) is 0. The first-order valence-electron chi connectivity index (χ1n) is 7.62. The molecular formula is C18H20O4. The lowest BCUT2D eigenvalue weighted by Gasteiger charge is -2.34. The maximum atomic E-state index is 11.9. The summed E-state index contributed by atoms with van der Waals surface area (Å²) in [7, 11) is 0. The first-order chi connectivity index (χ1) is 10.5. The molecule has 0 amide bonds. The summed E-state index contributed by atoms with van der Waals surface area (Å²) in [6.45, 7) is 3.85. The summed E-state index contributed by atoms with van der Waals surface area (Å²) in [6, 6.07) is 9.54. The van der Waals surface area contributed by atoms with Gasteiger partial charge in [-0.05, 0) is 13.3 Å². The van der Waals surface area contributed by atoms with Crippen LogP contribution in [0.3, 0.4) is 0 Å². The smallest absolute Gasteiger partial charge is 0.308 e. The second-order valence-electron chi connectivity index (χ2n) is 6.21. The van der Waals surface area contributed by atoms with Gasteiger partial charge in [0.25, 0.3) is 0 Å². The van der Waals surface area contributed by atoms with Gasteiger partial charge in [-0.15, -0.1) is 0 Å². The van der Waals surface area contributed by atoms with Gasteiger partial charge < -0.3 is 9.47 Å². The summed E-state index contributed by atoms with van der Waals surface area (Å²) < 4.78 is 11.5. The average Bonchev–Trinajstić information content (AvgIpc) is 2.83. The number of esters is 1. The molecule has 116 valence electrons. The molecule has 0 N–H and O–H groups in total. The Morgan fingerprint density at radius 2 is 2.05 bits per heavy atom. The number of ether oxygens (including phenoxy) is 2. The van der Waals surface area contributed by atoms with Crippen LogP contribution in [0.25, 0.3) is 5.76 Å². The molecule has 2 fully saturated rings. The average molecular weight is 300 g/mol. The molecule has 4 nitrogen and oxygen atoms in total. The second-order valence-corrected chi connectivity index (χ2v) is 6.21. The Kier molecular flexibility index (Phi) is 3.87. The summed E-state index contributed by atoms with van der Waals surface area (Å²) in [5, 5.41) is 0. The zero-order chi connectivity index (χ0) is 15.7. The molecule has 1 aromatic rings. The van der Waals surface area contributed by atoms with Crippen LogP contribution in [0.5, 0.6) is 0 Å². The molecule has 2 atom stereocenters. The fourth-order valence-electron chi connectivity index (χ4n) is 3.38. The fourth-order valence-corrected chi connectivity index (χ4v) is 3.38. The van der Waals surface area contributed by atoms with E-state index in [9.17, 15) is 9.59 Å². The number of carbonyl (C=O) groups is 2. The van der Waals surface area contributed by atoms with Crippen molar-refractivity contribution in [1.29, 1.82) is 0 Å². The van der Waals surface area contributed by atoms with Crippen LogP contribution in [0.15, 0.2) is 35.9 Å². The lowest BCUT2D eigenvalue weighted by molar-refractivity contribution is -0.134. The number of fused-ring (bicyclic) bond motifs is 1. The summed E-state index contributed by atoms with van der Waals surface area (Å²) in [5.41, 5.74) is 1.44. The maximum absolute atomic E-state index is 11.9. The number of ketones is 1. The predicted octanol–water partition coefficient (Wildman–Crippen LogP) is 3.12. The molecule has 22 heavy (non-hydrogen) atoms. The predicted molar refractivity (Wildman–Crippen MR) is 81.8 cm³/mol. The Bertz CT molecular complexity index is 632. The summed E-state index contributed by atoms with van der Waals surface area (Å²) in [6.07, 6.45) is 1.75. The van der Waals surface area contributed by atoms with Gasteiger partial charge in [0, 0.05) is 36.8 Å². The summed E-state index contributed by atoms with van der Waals surface area (Å²) in [5.74, 6) is 0.433. The van der Waals surface area contributed by atoms with Gasteiger partial charge in [-0.1, -0.05) is 30.3 Å². The third kappa shape index (κ3) is 2.71. The van der Waals surface area contributed by atoms with Crippen molar-refractivity contribution in [2.75, 3.05) is 6.61 Å². The van der Waals surface area contributed by atoms with E-state index >= 15 is 0 Å². The van der Waals surface area contributed by atoms with E-state index < -0.39 is 0 Å². The van der Waals surface area contributed by atoms with Gasteiger partial charge in [0.2, 0.25) is 0 Å². The highest BCUT2D eigenvalue weighted by atomic mass is 16.5. The largest absolute Gasteiger partial charge is 0.426 e. The molecule has 0 radical (unpaired) electrons. The number of Topliss-reactive ketones (excluding diaryl/α,β-unsaturated/α-hetero) is 1. The van der Waals surface area contributed by atoms with Crippen molar-refractivity contribution in [2.45, 2.75) is 38.7 Å². The van der Waals surface area contributed by atoms with E-state index in [-0.39, 0.29) is 23.3 Å². The molecule has 1 saturated heterocycles. The minimum Gasteiger partial charge on any atom is -0.426 e. The Balaban J connectivity index is 2.06. The fraction of sp³-hybridized carbons (Fsp3) is 0.444. The van der Waals surface area contributed by atoms with E-state index in [1.54, 1.807) is 0 Å². The van der Waals surface area contributed by atoms with Gasteiger partial charge in [0.05, 0.1) is 12.2 Å². The zero-order valence-electron chi connectivity index (χ0n) is 12.9. The maximum Gasteiger partial charge on any atom is 0.308 e. The van der Waals surface area contributed by atoms with Crippen LogP contribution in [0.1, 0.15) is 38.7 Å². The Hall–Kier alpha value is -1.94. The molecule has 1 aliphatic carbocycles. The van der Waals surface area contributed by atoms with Crippen LogP contribution in [0.4, 0.5) is 0 Å². The van der Waals surface area contributed by atoms with Crippen LogP contribution in [-0.4, -0.2) is 24.0 Å². The summed E-state index contributed by atoms with van der Waals surface area (Å²) in [4.78, 5) is 23.4. The van der Waals surface area contributed by atoms with Crippen molar-refractivity contribution < 1.29 is 19.1 Å². The highest BCUT2D eigenvalue weighted by Gasteiger charge is 2.48. The van der Waals surface area contributed by atoms with E-state index in [1.165, 1.54) is 6.92 Å². The quantitative estimate of drug-likeness (QED) is 0.622. The van der Waals surface area contributed by atoms with Gasteiger partial charge in [-0.2, -0.15) is 0 Å². The first-order valence-corrected chi connectivity index (χ1v) is 7.62. The lowest BCUT2D eigenvalue weighted by atomic mass is 9.73. The van der Waals surface area contributed by atoms with Crippen molar-refractivity contribution in [3.8, 4) is 0 Å². The highest BCUT2D eigenvalue weighted by molar-refractivity contribution is 5.82. The highest BCUT2D eigenvalue weighted by Crippen LogP contribution is 2.47. The standard InChI is InChI=1S/C18H20O4/c1-12(19)22-17(13-6-4-3-5-7-13)15-11-21-18(2)9-8-14(20)10-16(15)18/h3-7,16H,8-11H2,1-2H3/b17-15+/t16-,18-/m1/s1. The molecule has 0 unspecified atom stereocenters. The Morgan fingerprint density at radius 1 is 1.32 bits per heavy atom. The molecular weight excluding hydrogens is 280 g/mol. The molecule has 1 aliphatic heterocycles. The van der Waals surface area contributed by atoms with Gasteiger partial charge in [0.15, 0.2) is 0 Å². The normalized spacial score (nSPS) is 29.9. The van der Waals surface area contributed by atoms with Gasteiger partial charge in [0.1, 0.15) is 11.5 Å². The van der Waals surface area contributed by atoms with Crippen molar-refractivity contribution in [2.24, 2.45) is 5.92 Å². The van der Waals surface area contributed by atoms with Gasteiger partial charge in [-0.3, -0.25) is 9.59 Å².